The molecule has 0 spiro atoms. The first kappa shape index (κ1) is 21.2. The Morgan fingerprint density at radius 2 is 1.59 bits per heavy atom. The molecule has 6 nitrogen and oxygen atoms in total. The van der Waals surface area contributed by atoms with Crippen LogP contribution in [0.5, 0.6) is 0 Å². The predicted octanol–water partition coefficient (Wildman–Crippen LogP) is 3.49. The molecule has 1 N–H and O–H groups in total. The number of hydrogen-bond donors (Lipinski definition) is 1. The van der Waals surface area contributed by atoms with Crippen LogP contribution in [-0.4, -0.2) is 37.5 Å². The van der Waals surface area contributed by atoms with Crippen LogP contribution in [0.25, 0.3) is 0 Å². The van der Waals surface area contributed by atoms with Gasteiger partial charge in [0.1, 0.15) is 0 Å². The van der Waals surface area contributed by atoms with Crippen LogP contribution in [0.15, 0.2) is 53.4 Å². The topological polar surface area (TPSA) is 83.6 Å². The number of hydrogen-bond acceptors (Lipinski definition) is 4. The maximum atomic E-state index is 12.8. The molecule has 0 radical (unpaired) electrons. The van der Waals surface area contributed by atoms with Crippen molar-refractivity contribution in [2.75, 3.05) is 18.4 Å². The first-order valence-corrected chi connectivity index (χ1v) is 11.3. The lowest BCUT2D eigenvalue weighted by molar-refractivity contribution is -0.120. The average Bonchev–Trinajstić information content (AvgIpc) is 2.74. The zero-order valence-corrected chi connectivity index (χ0v) is 17.5. The van der Waals surface area contributed by atoms with Crippen LogP contribution in [0, 0.1) is 5.92 Å². The third-order valence-corrected chi connectivity index (χ3v) is 7.27. The van der Waals surface area contributed by atoms with E-state index in [9.17, 15) is 18.0 Å². The molecule has 0 unspecified atom stereocenters. The van der Waals surface area contributed by atoms with Gasteiger partial charge in [0.05, 0.1) is 4.90 Å². The van der Waals surface area contributed by atoms with E-state index >= 15 is 0 Å². The maximum Gasteiger partial charge on any atom is 0.243 e. The number of Topliss-reactive ketones (excluding diaryl/α,β-unsaturated/α-hetero) is 1. The lowest BCUT2D eigenvalue weighted by atomic mass is 9.97. The number of anilines is 1. The van der Waals surface area contributed by atoms with Crippen LogP contribution in [-0.2, 0) is 21.2 Å². The second-order valence-electron chi connectivity index (χ2n) is 7.30. The molecule has 0 aliphatic carbocycles. The highest BCUT2D eigenvalue weighted by Gasteiger charge is 2.32. The Morgan fingerprint density at radius 1 is 1.00 bits per heavy atom. The van der Waals surface area contributed by atoms with Crippen molar-refractivity contribution in [2.24, 2.45) is 5.92 Å². The van der Waals surface area contributed by atoms with Crippen molar-refractivity contribution >= 4 is 27.4 Å². The number of piperidine rings is 1. The molecule has 3 rings (SSSR count). The molecule has 0 bridgehead atoms. The number of carbonyl (C=O) groups excluding carboxylic acids is 2. The van der Waals surface area contributed by atoms with E-state index in [0.29, 0.717) is 31.5 Å². The predicted molar refractivity (Wildman–Crippen MR) is 112 cm³/mol. The number of sulfonamides is 1. The summed E-state index contributed by atoms with van der Waals surface area (Å²) in [5.41, 5.74) is 2.44. The second kappa shape index (κ2) is 8.88. The summed E-state index contributed by atoms with van der Waals surface area (Å²) in [5.74, 6) is -0.394. The normalized spacial score (nSPS) is 15.8. The van der Waals surface area contributed by atoms with Gasteiger partial charge in [-0.1, -0.05) is 31.2 Å². The van der Waals surface area contributed by atoms with Crippen molar-refractivity contribution < 1.29 is 18.0 Å². The van der Waals surface area contributed by atoms with Crippen molar-refractivity contribution in [2.45, 2.75) is 38.0 Å². The molecule has 2 aromatic rings. The quantitative estimate of drug-likeness (QED) is 0.734. The zero-order valence-electron chi connectivity index (χ0n) is 16.7. The number of benzene rings is 2. The van der Waals surface area contributed by atoms with Gasteiger partial charge in [0.25, 0.3) is 0 Å². The van der Waals surface area contributed by atoms with Gasteiger partial charge in [-0.2, -0.15) is 4.31 Å². The number of nitrogens with zero attached hydrogens (tertiary/aromatic N) is 1. The van der Waals surface area contributed by atoms with E-state index < -0.39 is 10.0 Å². The Hall–Kier alpha value is -2.51. The number of nitrogens with one attached hydrogen (secondary N) is 1. The van der Waals surface area contributed by atoms with Gasteiger partial charge in [-0.25, -0.2) is 8.42 Å². The average molecular weight is 415 g/mol. The fraction of sp³-hybridized carbons (Fsp3) is 0.364. The fourth-order valence-corrected chi connectivity index (χ4v) is 4.91. The SMILES string of the molecule is CCc1ccc(NC(=O)C2CCN(S(=O)(=O)c3ccc(C(C)=O)cc3)CC2)cc1. The van der Waals surface area contributed by atoms with Crippen LogP contribution in [0.2, 0.25) is 0 Å². The molecular weight excluding hydrogens is 388 g/mol. The number of carbonyl (C=O) groups is 2. The van der Waals surface area contributed by atoms with Crippen LogP contribution in [0.1, 0.15) is 42.6 Å². The van der Waals surface area contributed by atoms with Crippen molar-refractivity contribution in [1.29, 1.82) is 0 Å². The Kier molecular flexibility index (Phi) is 6.49. The highest BCUT2D eigenvalue weighted by molar-refractivity contribution is 7.89. The van der Waals surface area contributed by atoms with E-state index in [4.69, 9.17) is 0 Å². The lowest BCUT2D eigenvalue weighted by Gasteiger charge is -2.30. The summed E-state index contributed by atoms with van der Waals surface area (Å²) in [7, 11) is -3.63. The molecule has 7 heteroatoms. The molecule has 1 saturated heterocycles. The van der Waals surface area contributed by atoms with Crippen LogP contribution < -0.4 is 5.32 Å². The molecule has 1 amide bonds. The highest BCUT2D eigenvalue weighted by Crippen LogP contribution is 2.25. The standard InChI is InChI=1S/C22H26N2O4S/c1-3-17-4-8-20(9-5-17)23-22(26)19-12-14-24(15-13-19)29(27,28)21-10-6-18(7-11-21)16(2)25/h4-11,19H,3,12-15H2,1-2H3,(H,23,26). The summed E-state index contributed by atoms with van der Waals surface area (Å²) in [5, 5.41) is 2.93. The molecule has 1 heterocycles. The summed E-state index contributed by atoms with van der Waals surface area (Å²) in [6.07, 6.45) is 1.89. The summed E-state index contributed by atoms with van der Waals surface area (Å²) in [4.78, 5) is 24.1. The Morgan fingerprint density at radius 3 is 2.10 bits per heavy atom. The van der Waals surface area contributed by atoms with Gasteiger partial charge in [0, 0.05) is 30.3 Å². The Bertz CT molecular complexity index is 974. The molecule has 0 saturated carbocycles. The van der Waals surface area contributed by atoms with Gasteiger partial charge in [0.2, 0.25) is 15.9 Å². The first-order chi connectivity index (χ1) is 13.8. The monoisotopic (exact) mass is 414 g/mol. The molecule has 154 valence electrons. The highest BCUT2D eigenvalue weighted by atomic mass is 32.2. The molecule has 1 aliphatic heterocycles. The third kappa shape index (κ3) is 4.92. The largest absolute Gasteiger partial charge is 0.326 e. The lowest BCUT2D eigenvalue weighted by Crippen LogP contribution is -2.41. The first-order valence-electron chi connectivity index (χ1n) is 9.82. The number of rotatable bonds is 6. The molecule has 0 atom stereocenters. The fourth-order valence-electron chi connectivity index (χ4n) is 3.44. The molecular formula is C22H26N2O4S. The van der Waals surface area contributed by atoms with Gasteiger partial charge in [-0.05, 0) is 56.0 Å². The van der Waals surface area contributed by atoms with Gasteiger partial charge >= 0.3 is 0 Å². The summed E-state index contributed by atoms with van der Waals surface area (Å²) >= 11 is 0. The van der Waals surface area contributed by atoms with Crippen LogP contribution in [0.3, 0.4) is 0 Å². The minimum absolute atomic E-state index is 0.0721. The smallest absolute Gasteiger partial charge is 0.243 e. The molecule has 2 aromatic carbocycles. The molecule has 1 fully saturated rings. The summed E-state index contributed by atoms with van der Waals surface area (Å²) in [6, 6.07) is 13.7. The number of amides is 1. The summed E-state index contributed by atoms with van der Waals surface area (Å²) in [6.45, 7) is 4.11. The van der Waals surface area contributed by atoms with E-state index in [-0.39, 0.29) is 22.5 Å². The van der Waals surface area contributed by atoms with Crippen molar-refractivity contribution in [1.82, 2.24) is 4.31 Å². The van der Waals surface area contributed by atoms with E-state index in [2.05, 4.69) is 12.2 Å². The third-order valence-electron chi connectivity index (χ3n) is 5.35. The van der Waals surface area contributed by atoms with Crippen LogP contribution in [0.4, 0.5) is 5.69 Å². The van der Waals surface area contributed by atoms with Crippen molar-refractivity contribution in [3.05, 3.63) is 59.7 Å². The Labute approximate surface area is 172 Å². The van der Waals surface area contributed by atoms with Crippen LogP contribution >= 0.6 is 0 Å². The number of ketones is 1. The van der Waals surface area contributed by atoms with Gasteiger partial charge in [0.15, 0.2) is 5.78 Å². The molecule has 1 aliphatic rings. The Balaban J connectivity index is 1.60. The minimum atomic E-state index is -3.63. The molecule has 29 heavy (non-hydrogen) atoms. The van der Waals surface area contributed by atoms with Crippen molar-refractivity contribution in [3.63, 3.8) is 0 Å². The van der Waals surface area contributed by atoms with Gasteiger partial charge in [-0.15, -0.1) is 0 Å². The van der Waals surface area contributed by atoms with E-state index in [1.54, 1.807) is 0 Å². The van der Waals surface area contributed by atoms with Gasteiger partial charge < -0.3 is 5.32 Å². The summed E-state index contributed by atoms with van der Waals surface area (Å²) < 4.78 is 27.1. The van der Waals surface area contributed by atoms with E-state index in [1.165, 1.54) is 41.1 Å². The zero-order chi connectivity index (χ0) is 21.0. The van der Waals surface area contributed by atoms with E-state index in [0.717, 1.165) is 12.1 Å². The second-order valence-corrected chi connectivity index (χ2v) is 9.24. The van der Waals surface area contributed by atoms with Crippen molar-refractivity contribution in [3.8, 4) is 0 Å². The maximum absolute atomic E-state index is 12.8. The molecule has 0 aromatic heterocycles. The van der Waals surface area contributed by atoms with E-state index in [1.807, 2.05) is 24.3 Å². The van der Waals surface area contributed by atoms with Gasteiger partial charge in [-0.3, -0.25) is 9.59 Å². The number of aryl methyl sites for hydroxylation is 1. The minimum Gasteiger partial charge on any atom is -0.326 e.